The smallest absolute Gasteiger partial charge is 0.143 e. The topological polar surface area (TPSA) is 50.5 Å². The number of benzene rings is 1. The van der Waals surface area contributed by atoms with Gasteiger partial charge in [0.05, 0.1) is 18.5 Å². The van der Waals surface area contributed by atoms with Gasteiger partial charge in [0.1, 0.15) is 5.75 Å². The standard InChI is InChI=1S/C14H23N3O/c1-3-17(11-7-8-11)10-9-16-12-5-4-6-13(18-2)14(12)15/h4-6,11,16H,3,7-10,15H2,1-2H3. The molecule has 0 heterocycles. The first-order valence-corrected chi connectivity index (χ1v) is 6.66. The fourth-order valence-electron chi connectivity index (χ4n) is 2.25. The minimum atomic E-state index is 0.689. The maximum Gasteiger partial charge on any atom is 0.143 e. The molecule has 3 N–H and O–H groups in total. The average molecular weight is 249 g/mol. The van der Waals surface area contributed by atoms with Crippen LogP contribution in [0.25, 0.3) is 0 Å². The number of nitrogens with zero attached hydrogens (tertiary/aromatic N) is 1. The highest BCUT2D eigenvalue weighted by Crippen LogP contribution is 2.29. The van der Waals surface area contributed by atoms with E-state index in [4.69, 9.17) is 10.5 Å². The second-order valence-corrected chi connectivity index (χ2v) is 4.71. The molecule has 1 saturated carbocycles. The highest BCUT2D eigenvalue weighted by Gasteiger charge is 2.27. The van der Waals surface area contributed by atoms with E-state index in [1.54, 1.807) is 7.11 Å². The minimum absolute atomic E-state index is 0.689. The number of ether oxygens (including phenoxy) is 1. The molecule has 1 aromatic rings. The van der Waals surface area contributed by atoms with Crippen LogP contribution in [0.4, 0.5) is 11.4 Å². The van der Waals surface area contributed by atoms with Gasteiger partial charge < -0.3 is 15.8 Å². The molecule has 0 radical (unpaired) electrons. The Hall–Kier alpha value is -1.42. The Labute approximate surface area is 109 Å². The first-order chi connectivity index (χ1) is 8.76. The number of methoxy groups -OCH3 is 1. The maximum absolute atomic E-state index is 6.01. The SMILES string of the molecule is CCN(CCNc1cccc(OC)c1N)C1CC1. The van der Waals surface area contributed by atoms with Gasteiger partial charge in [-0.1, -0.05) is 13.0 Å². The third kappa shape index (κ3) is 3.07. The van der Waals surface area contributed by atoms with Crippen LogP contribution in [0, 0.1) is 0 Å². The van der Waals surface area contributed by atoms with Crippen LogP contribution in [0.1, 0.15) is 19.8 Å². The lowest BCUT2D eigenvalue weighted by Gasteiger charge is -2.20. The van der Waals surface area contributed by atoms with Crippen molar-refractivity contribution in [1.82, 2.24) is 4.90 Å². The van der Waals surface area contributed by atoms with Crippen LogP contribution in [0.3, 0.4) is 0 Å². The van der Waals surface area contributed by atoms with Gasteiger partial charge in [-0.3, -0.25) is 4.90 Å². The first kappa shape index (κ1) is 13.0. The van der Waals surface area contributed by atoms with Crippen LogP contribution in [-0.4, -0.2) is 37.7 Å². The third-order valence-electron chi connectivity index (χ3n) is 3.47. The largest absolute Gasteiger partial charge is 0.495 e. The van der Waals surface area contributed by atoms with Crippen LogP contribution < -0.4 is 15.8 Å². The van der Waals surface area contributed by atoms with E-state index in [9.17, 15) is 0 Å². The summed E-state index contributed by atoms with van der Waals surface area (Å²) in [6.07, 6.45) is 2.71. The Kier molecular flexibility index (Phi) is 4.31. The number of hydrogen-bond donors (Lipinski definition) is 2. The number of hydrogen-bond acceptors (Lipinski definition) is 4. The van der Waals surface area contributed by atoms with Gasteiger partial charge in [-0.2, -0.15) is 0 Å². The van der Waals surface area contributed by atoms with E-state index >= 15 is 0 Å². The fourth-order valence-corrected chi connectivity index (χ4v) is 2.25. The van der Waals surface area contributed by atoms with E-state index in [0.29, 0.717) is 5.69 Å². The van der Waals surface area contributed by atoms with Crippen molar-refractivity contribution in [3.63, 3.8) is 0 Å². The monoisotopic (exact) mass is 249 g/mol. The Bertz CT molecular complexity index is 391. The van der Waals surface area contributed by atoms with Crippen LogP contribution in [0.5, 0.6) is 5.75 Å². The summed E-state index contributed by atoms with van der Waals surface area (Å²) in [6.45, 7) is 5.33. The lowest BCUT2D eigenvalue weighted by molar-refractivity contribution is 0.289. The van der Waals surface area contributed by atoms with Crippen molar-refractivity contribution >= 4 is 11.4 Å². The molecule has 100 valence electrons. The number of nitrogens with one attached hydrogen (secondary N) is 1. The highest BCUT2D eigenvalue weighted by molar-refractivity contribution is 5.72. The molecule has 0 spiro atoms. The molecule has 0 saturated heterocycles. The normalized spacial score (nSPS) is 14.8. The summed E-state index contributed by atoms with van der Waals surface area (Å²) in [6, 6.07) is 6.64. The summed E-state index contributed by atoms with van der Waals surface area (Å²) in [4.78, 5) is 2.52. The number of rotatable bonds is 7. The molecule has 1 aliphatic carbocycles. The zero-order chi connectivity index (χ0) is 13.0. The summed E-state index contributed by atoms with van der Waals surface area (Å²) in [5.74, 6) is 0.731. The third-order valence-corrected chi connectivity index (χ3v) is 3.47. The maximum atomic E-state index is 6.01. The van der Waals surface area contributed by atoms with Crippen molar-refractivity contribution in [2.75, 3.05) is 37.8 Å². The number of nitrogens with two attached hydrogens (primary N) is 1. The number of para-hydroxylation sites is 1. The van der Waals surface area contributed by atoms with E-state index < -0.39 is 0 Å². The molecular formula is C14H23N3O. The summed E-state index contributed by atoms with van der Waals surface area (Å²) in [7, 11) is 1.64. The molecule has 4 heteroatoms. The zero-order valence-electron chi connectivity index (χ0n) is 11.3. The second kappa shape index (κ2) is 5.96. The van der Waals surface area contributed by atoms with Crippen molar-refractivity contribution in [2.24, 2.45) is 0 Å². The first-order valence-electron chi connectivity index (χ1n) is 6.66. The Morgan fingerprint density at radius 1 is 1.44 bits per heavy atom. The van der Waals surface area contributed by atoms with Gasteiger partial charge in [0.25, 0.3) is 0 Å². The lowest BCUT2D eigenvalue weighted by Crippen LogP contribution is -2.31. The van der Waals surface area contributed by atoms with Crippen LogP contribution in [-0.2, 0) is 0 Å². The van der Waals surface area contributed by atoms with E-state index in [-0.39, 0.29) is 0 Å². The Balaban J connectivity index is 1.85. The quantitative estimate of drug-likeness (QED) is 0.727. The van der Waals surface area contributed by atoms with Crippen molar-refractivity contribution in [3.05, 3.63) is 18.2 Å². The van der Waals surface area contributed by atoms with Gasteiger partial charge in [-0.05, 0) is 31.5 Å². The van der Waals surface area contributed by atoms with Gasteiger partial charge >= 0.3 is 0 Å². The molecule has 18 heavy (non-hydrogen) atoms. The highest BCUT2D eigenvalue weighted by atomic mass is 16.5. The molecule has 0 atom stereocenters. The van der Waals surface area contributed by atoms with Crippen molar-refractivity contribution in [2.45, 2.75) is 25.8 Å². The number of anilines is 2. The van der Waals surface area contributed by atoms with Gasteiger partial charge in [0.2, 0.25) is 0 Å². The Morgan fingerprint density at radius 3 is 2.83 bits per heavy atom. The van der Waals surface area contributed by atoms with Crippen molar-refractivity contribution in [1.29, 1.82) is 0 Å². The van der Waals surface area contributed by atoms with Crippen LogP contribution in [0.2, 0.25) is 0 Å². The van der Waals surface area contributed by atoms with E-state index in [2.05, 4.69) is 17.1 Å². The van der Waals surface area contributed by atoms with Crippen molar-refractivity contribution < 1.29 is 4.74 Å². The lowest BCUT2D eigenvalue weighted by atomic mass is 10.2. The summed E-state index contributed by atoms with van der Waals surface area (Å²) >= 11 is 0. The van der Waals surface area contributed by atoms with E-state index in [1.807, 2.05) is 18.2 Å². The molecular weight excluding hydrogens is 226 g/mol. The number of nitrogen functional groups attached to an aromatic ring is 1. The van der Waals surface area contributed by atoms with Gasteiger partial charge in [-0.25, -0.2) is 0 Å². The van der Waals surface area contributed by atoms with Crippen LogP contribution >= 0.6 is 0 Å². The van der Waals surface area contributed by atoms with E-state index in [1.165, 1.54) is 12.8 Å². The molecule has 0 amide bonds. The van der Waals surface area contributed by atoms with Gasteiger partial charge in [0.15, 0.2) is 0 Å². The summed E-state index contributed by atoms with van der Waals surface area (Å²) < 4.78 is 5.21. The van der Waals surface area contributed by atoms with E-state index in [0.717, 1.165) is 37.1 Å². The summed E-state index contributed by atoms with van der Waals surface area (Å²) in [5.41, 5.74) is 7.66. The fraction of sp³-hybridized carbons (Fsp3) is 0.571. The minimum Gasteiger partial charge on any atom is -0.495 e. The number of likely N-dealkylation sites (N-methyl/N-ethyl adjacent to an activating group) is 1. The molecule has 4 nitrogen and oxygen atoms in total. The average Bonchev–Trinajstić information content (AvgIpc) is 3.21. The molecule has 0 aromatic heterocycles. The molecule has 0 aliphatic heterocycles. The predicted molar refractivity (Wildman–Crippen MR) is 76.2 cm³/mol. The van der Waals surface area contributed by atoms with Crippen molar-refractivity contribution in [3.8, 4) is 5.75 Å². The summed E-state index contributed by atoms with van der Waals surface area (Å²) in [5, 5.41) is 3.39. The Morgan fingerprint density at radius 2 is 2.22 bits per heavy atom. The molecule has 1 aromatic carbocycles. The van der Waals surface area contributed by atoms with Gasteiger partial charge in [0, 0.05) is 19.1 Å². The molecule has 0 bridgehead atoms. The predicted octanol–water partition coefficient (Wildman–Crippen LogP) is 2.17. The van der Waals surface area contributed by atoms with Gasteiger partial charge in [-0.15, -0.1) is 0 Å². The molecule has 0 unspecified atom stereocenters. The zero-order valence-corrected chi connectivity index (χ0v) is 11.3. The van der Waals surface area contributed by atoms with Crippen LogP contribution in [0.15, 0.2) is 18.2 Å². The molecule has 2 rings (SSSR count). The molecule has 1 aliphatic rings. The second-order valence-electron chi connectivity index (χ2n) is 4.71. The molecule has 1 fully saturated rings.